The van der Waals surface area contributed by atoms with E-state index in [9.17, 15) is 4.79 Å². The first-order valence-corrected chi connectivity index (χ1v) is 8.14. The first-order chi connectivity index (χ1) is 13.2. The highest BCUT2D eigenvalue weighted by molar-refractivity contribution is 5.87. The lowest BCUT2D eigenvalue weighted by molar-refractivity contribution is -0.134. The third-order valence-electron chi connectivity index (χ3n) is 3.64. The Morgan fingerprint density at radius 1 is 1.07 bits per heavy atom. The van der Waals surface area contributed by atoms with Crippen LogP contribution >= 0.6 is 0 Å². The van der Waals surface area contributed by atoms with Gasteiger partial charge in [0, 0.05) is 11.6 Å². The SMILES string of the molecule is COC(=O)/C=C/c1ccc(OCc2nnc(-c3ccccc3)o2)c(OC)c1. The van der Waals surface area contributed by atoms with E-state index in [1.807, 2.05) is 30.3 Å². The zero-order valence-electron chi connectivity index (χ0n) is 14.9. The van der Waals surface area contributed by atoms with Crippen molar-refractivity contribution < 1.29 is 23.4 Å². The van der Waals surface area contributed by atoms with Crippen molar-refractivity contribution in [3.63, 3.8) is 0 Å². The molecule has 0 aliphatic carbocycles. The lowest BCUT2D eigenvalue weighted by Crippen LogP contribution is -1.98. The summed E-state index contributed by atoms with van der Waals surface area (Å²) in [5, 5.41) is 8.02. The van der Waals surface area contributed by atoms with Crippen molar-refractivity contribution in [1.82, 2.24) is 10.2 Å². The molecule has 1 heterocycles. The Morgan fingerprint density at radius 2 is 1.89 bits per heavy atom. The van der Waals surface area contributed by atoms with Crippen LogP contribution in [0.1, 0.15) is 11.5 Å². The Balaban J connectivity index is 1.68. The van der Waals surface area contributed by atoms with E-state index in [4.69, 9.17) is 13.9 Å². The molecule has 0 aliphatic rings. The molecule has 7 nitrogen and oxygen atoms in total. The monoisotopic (exact) mass is 366 g/mol. The first-order valence-electron chi connectivity index (χ1n) is 8.14. The van der Waals surface area contributed by atoms with Crippen molar-refractivity contribution in [3.8, 4) is 23.0 Å². The van der Waals surface area contributed by atoms with Gasteiger partial charge in [0.1, 0.15) is 0 Å². The molecule has 0 fully saturated rings. The Morgan fingerprint density at radius 3 is 2.63 bits per heavy atom. The summed E-state index contributed by atoms with van der Waals surface area (Å²) in [5.74, 6) is 1.40. The number of rotatable bonds is 7. The summed E-state index contributed by atoms with van der Waals surface area (Å²) < 4.78 is 21.3. The van der Waals surface area contributed by atoms with Crippen molar-refractivity contribution in [3.05, 3.63) is 66.1 Å². The fourth-order valence-electron chi connectivity index (χ4n) is 2.29. The predicted molar refractivity (Wildman–Crippen MR) is 98.1 cm³/mol. The van der Waals surface area contributed by atoms with Crippen LogP contribution in [0.3, 0.4) is 0 Å². The third-order valence-corrected chi connectivity index (χ3v) is 3.64. The van der Waals surface area contributed by atoms with Crippen LogP contribution in [0.25, 0.3) is 17.5 Å². The number of hydrogen-bond acceptors (Lipinski definition) is 7. The third kappa shape index (κ3) is 4.72. The largest absolute Gasteiger partial charge is 0.493 e. The fourth-order valence-corrected chi connectivity index (χ4v) is 2.29. The molecule has 2 aromatic carbocycles. The highest BCUT2D eigenvalue weighted by atomic mass is 16.5. The van der Waals surface area contributed by atoms with E-state index in [2.05, 4.69) is 14.9 Å². The molecule has 0 bridgehead atoms. The van der Waals surface area contributed by atoms with Crippen molar-refractivity contribution in [1.29, 1.82) is 0 Å². The smallest absolute Gasteiger partial charge is 0.330 e. The minimum Gasteiger partial charge on any atom is -0.493 e. The molecule has 0 saturated heterocycles. The van der Waals surface area contributed by atoms with Gasteiger partial charge in [-0.05, 0) is 35.9 Å². The number of hydrogen-bond donors (Lipinski definition) is 0. The van der Waals surface area contributed by atoms with E-state index in [-0.39, 0.29) is 6.61 Å². The van der Waals surface area contributed by atoms with E-state index in [1.54, 1.807) is 24.3 Å². The van der Waals surface area contributed by atoms with Gasteiger partial charge in [0.05, 0.1) is 14.2 Å². The molecular formula is C20H18N2O5. The van der Waals surface area contributed by atoms with E-state index in [0.29, 0.717) is 23.3 Å². The average molecular weight is 366 g/mol. The minimum atomic E-state index is -0.431. The number of aromatic nitrogens is 2. The summed E-state index contributed by atoms with van der Waals surface area (Å²) in [4.78, 5) is 11.2. The summed E-state index contributed by atoms with van der Waals surface area (Å²) in [6, 6.07) is 14.8. The van der Waals surface area contributed by atoms with Gasteiger partial charge in [-0.25, -0.2) is 4.79 Å². The summed E-state index contributed by atoms with van der Waals surface area (Å²) >= 11 is 0. The summed E-state index contributed by atoms with van der Waals surface area (Å²) in [6.07, 6.45) is 2.96. The summed E-state index contributed by atoms with van der Waals surface area (Å²) in [5.41, 5.74) is 1.62. The van der Waals surface area contributed by atoms with Gasteiger partial charge in [0.2, 0.25) is 5.89 Å². The number of esters is 1. The predicted octanol–water partition coefficient (Wildman–Crippen LogP) is 3.51. The molecule has 0 aliphatic heterocycles. The van der Waals surface area contributed by atoms with Crippen LogP contribution < -0.4 is 9.47 Å². The molecular weight excluding hydrogens is 348 g/mol. The molecule has 27 heavy (non-hydrogen) atoms. The van der Waals surface area contributed by atoms with Gasteiger partial charge in [0.25, 0.3) is 5.89 Å². The molecule has 0 unspecified atom stereocenters. The van der Waals surface area contributed by atoms with Gasteiger partial charge in [-0.2, -0.15) is 0 Å². The van der Waals surface area contributed by atoms with Crippen molar-refractivity contribution >= 4 is 12.0 Å². The van der Waals surface area contributed by atoms with Gasteiger partial charge in [-0.15, -0.1) is 10.2 Å². The van der Waals surface area contributed by atoms with E-state index in [0.717, 1.165) is 11.1 Å². The lowest BCUT2D eigenvalue weighted by Gasteiger charge is -2.09. The van der Waals surface area contributed by atoms with Gasteiger partial charge < -0.3 is 18.6 Å². The molecule has 0 atom stereocenters. The van der Waals surface area contributed by atoms with Gasteiger partial charge in [-0.1, -0.05) is 24.3 Å². The van der Waals surface area contributed by atoms with E-state index < -0.39 is 5.97 Å². The van der Waals surface area contributed by atoms with Crippen LogP contribution in [-0.4, -0.2) is 30.4 Å². The molecule has 7 heteroatoms. The van der Waals surface area contributed by atoms with Crippen LogP contribution in [0.15, 0.2) is 59.0 Å². The molecule has 3 rings (SSSR count). The van der Waals surface area contributed by atoms with Crippen molar-refractivity contribution in [2.24, 2.45) is 0 Å². The fraction of sp³-hybridized carbons (Fsp3) is 0.150. The molecule has 0 spiro atoms. The Kier molecular flexibility index (Phi) is 5.84. The quantitative estimate of drug-likeness (QED) is 0.467. The zero-order chi connectivity index (χ0) is 19.1. The molecule has 0 amide bonds. The van der Waals surface area contributed by atoms with Crippen LogP contribution in [0.5, 0.6) is 11.5 Å². The van der Waals surface area contributed by atoms with Gasteiger partial charge >= 0.3 is 5.97 Å². The molecule has 3 aromatic rings. The zero-order valence-corrected chi connectivity index (χ0v) is 14.9. The number of carbonyl (C=O) groups excluding carboxylic acids is 1. The number of ether oxygens (including phenoxy) is 3. The van der Waals surface area contributed by atoms with E-state index >= 15 is 0 Å². The number of methoxy groups -OCH3 is 2. The molecule has 1 aromatic heterocycles. The van der Waals surface area contributed by atoms with Crippen molar-refractivity contribution in [2.45, 2.75) is 6.61 Å². The normalized spacial score (nSPS) is 10.7. The van der Waals surface area contributed by atoms with Gasteiger partial charge in [0.15, 0.2) is 18.1 Å². The molecule has 0 N–H and O–H groups in total. The Hall–Kier alpha value is -3.61. The average Bonchev–Trinajstić information content (AvgIpc) is 3.20. The Bertz CT molecular complexity index is 935. The van der Waals surface area contributed by atoms with Crippen LogP contribution in [-0.2, 0) is 16.1 Å². The maximum absolute atomic E-state index is 11.2. The van der Waals surface area contributed by atoms with Crippen molar-refractivity contribution in [2.75, 3.05) is 14.2 Å². The maximum atomic E-state index is 11.2. The standard InChI is InChI=1S/C20H18N2O5/c1-24-17-12-14(9-11-19(23)25-2)8-10-16(17)26-13-18-21-22-20(27-18)15-6-4-3-5-7-15/h3-12H,13H2,1-2H3/b11-9+. The number of nitrogens with zero attached hydrogens (tertiary/aromatic N) is 2. The second-order valence-electron chi connectivity index (χ2n) is 5.42. The summed E-state index contributed by atoms with van der Waals surface area (Å²) in [7, 11) is 2.86. The molecule has 0 radical (unpaired) electrons. The highest BCUT2D eigenvalue weighted by Crippen LogP contribution is 2.29. The minimum absolute atomic E-state index is 0.105. The van der Waals surface area contributed by atoms with Crippen LogP contribution in [0, 0.1) is 0 Å². The number of benzene rings is 2. The molecule has 138 valence electrons. The van der Waals surface area contributed by atoms with Crippen LogP contribution in [0.2, 0.25) is 0 Å². The second-order valence-corrected chi connectivity index (χ2v) is 5.42. The lowest BCUT2D eigenvalue weighted by atomic mass is 10.2. The highest BCUT2D eigenvalue weighted by Gasteiger charge is 2.11. The number of carbonyl (C=O) groups is 1. The summed E-state index contributed by atoms with van der Waals surface area (Å²) in [6.45, 7) is 0.105. The maximum Gasteiger partial charge on any atom is 0.330 e. The molecule has 0 saturated carbocycles. The second kappa shape index (κ2) is 8.66. The topological polar surface area (TPSA) is 83.7 Å². The van der Waals surface area contributed by atoms with E-state index in [1.165, 1.54) is 20.3 Å². The van der Waals surface area contributed by atoms with Gasteiger partial charge in [-0.3, -0.25) is 0 Å². The Labute approximate surface area is 156 Å². The van der Waals surface area contributed by atoms with Crippen LogP contribution in [0.4, 0.5) is 0 Å². The first kappa shape index (κ1) is 18.2.